The van der Waals surface area contributed by atoms with Gasteiger partial charge in [0.25, 0.3) is 11.8 Å². The van der Waals surface area contributed by atoms with Crippen molar-refractivity contribution < 1.29 is 9.59 Å². The van der Waals surface area contributed by atoms with E-state index in [1.165, 1.54) is 10.5 Å². The molecule has 0 aromatic heterocycles. The highest BCUT2D eigenvalue weighted by Crippen LogP contribution is 2.42. The van der Waals surface area contributed by atoms with Gasteiger partial charge in [-0.3, -0.25) is 9.59 Å². The molecule has 1 unspecified atom stereocenters. The average molecular weight is 311 g/mol. The molecular formula is C20H25NO2. The molecule has 0 aliphatic carbocycles. The first-order chi connectivity index (χ1) is 11.2. The van der Waals surface area contributed by atoms with Crippen LogP contribution in [0.15, 0.2) is 35.4 Å². The number of imide groups is 1. The number of carbonyl (C=O) groups is 2. The Balaban J connectivity index is 2.04. The number of fused-ring (bicyclic) bond motifs is 2. The van der Waals surface area contributed by atoms with Crippen molar-refractivity contribution in [2.24, 2.45) is 0 Å². The second kappa shape index (κ2) is 6.69. The van der Waals surface area contributed by atoms with Gasteiger partial charge in [0.05, 0.1) is 5.69 Å². The van der Waals surface area contributed by atoms with Crippen molar-refractivity contribution >= 4 is 17.5 Å². The van der Waals surface area contributed by atoms with Crippen molar-refractivity contribution in [2.45, 2.75) is 64.7 Å². The minimum Gasteiger partial charge on any atom is -0.269 e. The molecule has 3 nitrogen and oxygen atoms in total. The number of unbranched alkanes of at least 4 members (excludes halogenated alkanes) is 3. The zero-order chi connectivity index (χ0) is 16.4. The van der Waals surface area contributed by atoms with E-state index < -0.39 is 0 Å². The minimum atomic E-state index is -0.0879. The van der Waals surface area contributed by atoms with Crippen LogP contribution in [0.25, 0.3) is 0 Å². The molecule has 0 spiro atoms. The molecule has 2 amide bonds. The zero-order valence-electron chi connectivity index (χ0n) is 14.1. The average Bonchev–Trinajstić information content (AvgIpc) is 2.83. The lowest BCUT2D eigenvalue weighted by Gasteiger charge is -2.24. The van der Waals surface area contributed by atoms with Gasteiger partial charge in [0, 0.05) is 17.1 Å². The van der Waals surface area contributed by atoms with Crippen LogP contribution in [0.5, 0.6) is 0 Å². The topological polar surface area (TPSA) is 37.4 Å². The number of benzene rings is 1. The quantitative estimate of drug-likeness (QED) is 0.539. The van der Waals surface area contributed by atoms with Crippen LogP contribution < -0.4 is 4.90 Å². The lowest BCUT2D eigenvalue weighted by molar-refractivity contribution is -0.120. The van der Waals surface area contributed by atoms with Crippen LogP contribution >= 0.6 is 0 Å². The van der Waals surface area contributed by atoms with Crippen molar-refractivity contribution in [1.82, 2.24) is 0 Å². The molecule has 122 valence electrons. The van der Waals surface area contributed by atoms with E-state index in [0.29, 0.717) is 5.69 Å². The van der Waals surface area contributed by atoms with E-state index in [9.17, 15) is 9.59 Å². The van der Waals surface area contributed by atoms with Gasteiger partial charge in [-0.15, -0.1) is 0 Å². The summed E-state index contributed by atoms with van der Waals surface area (Å²) < 4.78 is 0. The van der Waals surface area contributed by atoms with Crippen LogP contribution in [0.2, 0.25) is 0 Å². The molecule has 0 saturated heterocycles. The smallest absolute Gasteiger partial charge is 0.262 e. The van der Waals surface area contributed by atoms with Crippen LogP contribution in [0.4, 0.5) is 5.69 Å². The normalized spacial score (nSPS) is 19.6. The third kappa shape index (κ3) is 2.73. The number of amides is 2. The Morgan fingerprint density at radius 1 is 0.913 bits per heavy atom. The molecule has 3 aliphatic heterocycles. The number of hydrogen-bond acceptors (Lipinski definition) is 2. The van der Waals surface area contributed by atoms with Gasteiger partial charge in [-0.2, -0.15) is 0 Å². The summed E-state index contributed by atoms with van der Waals surface area (Å²) in [7, 11) is 0. The van der Waals surface area contributed by atoms with Crippen LogP contribution in [-0.4, -0.2) is 11.8 Å². The highest BCUT2D eigenvalue weighted by molar-refractivity contribution is 6.33. The Bertz CT molecular complexity index is 642. The number of rotatable bonds is 7. The second-order valence-electron chi connectivity index (χ2n) is 6.58. The van der Waals surface area contributed by atoms with Crippen LogP contribution in [-0.2, 0) is 9.59 Å². The van der Waals surface area contributed by atoms with Crippen molar-refractivity contribution in [3.05, 3.63) is 41.0 Å². The summed E-state index contributed by atoms with van der Waals surface area (Å²) in [4.78, 5) is 27.2. The summed E-state index contributed by atoms with van der Waals surface area (Å²) in [6.45, 7) is 4.32. The summed E-state index contributed by atoms with van der Waals surface area (Å²) in [6, 6.07) is 7.99. The third-order valence-electron chi connectivity index (χ3n) is 5.00. The first kappa shape index (κ1) is 16.0. The highest BCUT2D eigenvalue weighted by Gasteiger charge is 2.43. The lowest BCUT2D eigenvalue weighted by Crippen LogP contribution is -2.33. The zero-order valence-corrected chi connectivity index (χ0v) is 14.1. The first-order valence-corrected chi connectivity index (χ1v) is 8.90. The number of nitrogens with zero attached hydrogens (tertiary/aromatic N) is 1. The molecule has 1 atom stereocenters. The molecule has 0 fully saturated rings. The summed E-state index contributed by atoms with van der Waals surface area (Å²) >= 11 is 0. The second-order valence-corrected chi connectivity index (χ2v) is 6.58. The molecule has 4 rings (SSSR count). The summed E-state index contributed by atoms with van der Waals surface area (Å²) in [5, 5.41) is 0. The van der Waals surface area contributed by atoms with Gasteiger partial charge in [-0.25, -0.2) is 4.90 Å². The van der Waals surface area contributed by atoms with Gasteiger partial charge in [0.2, 0.25) is 0 Å². The monoisotopic (exact) mass is 311 g/mol. The molecule has 3 heterocycles. The summed E-state index contributed by atoms with van der Waals surface area (Å²) in [5.74, 6) is -0.0961. The molecule has 1 aromatic carbocycles. The first-order valence-electron chi connectivity index (χ1n) is 8.90. The Kier molecular flexibility index (Phi) is 4.65. The Morgan fingerprint density at radius 2 is 1.61 bits per heavy atom. The largest absolute Gasteiger partial charge is 0.269 e. The van der Waals surface area contributed by atoms with E-state index in [4.69, 9.17) is 0 Å². The maximum atomic E-state index is 12.9. The molecule has 0 radical (unpaired) electrons. The van der Waals surface area contributed by atoms with Crippen LogP contribution in [0.1, 0.15) is 70.3 Å². The highest BCUT2D eigenvalue weighted by atomic mass is 16.2. The molecular weight excluding hydrogens is 286 g/mol. The van der Waals surface area contributed by atoms with E-state index in [1.54, 1.807) is 0 Å². The van der Waals surface area contributed by atoms with Crippen molar-refractivity contribution in [1.29, 1.82) is 0 Å². The fraction of sp³-hybridized carbons (Fsp3) is 0.500. The summed E-state index contributed by atoms with van der Waals surface area (Å²) in [6.07, 6.45) is 7.03. The Morgan fingerprint density at radius 3 is 2.26 bits per heavy atom. The molecule has 3 aliphatic rings. The van der Waals surface area contributed by atoms with E-state index in [0.717, 1.165) is 56.1 Å². The summed E-state index contributed by atoms with van der Waals surface area (Å²) in [5.41, 5.74) is 3.43. The van der Waals surface area contributed by atoms with Gasteiger partial charge >= 0.3 is 0 Å². The SMILES string of the molecule is CCCCCC1=C2C(=O)N(C1=O)c1ccc(cc1)C2CCCC. The third-order valence-corrected chi connectivity index (χ3v) is 5.00. The van der Waals surface area contributed by atoms with E-state index in [-0.39, 0.29) is 17.7 Å². The van der Waals surface area contributed by atoms with Gasteiger partial charge in [0.15, 0.2) is 0 Å². The predicted octanol–water partition coefficient (Wildman–Crippen LogP) is 4.72. The molecule has 1 aromatic rings. The fourth-order valence-corrected chi connectivity index (χ4v) is 3.72. The molecule has 0 saturated carbocycles. The Hall–Kier alpha value is -1.90. The van der Waals surface area contributed by atoms with Crippen molar-refractivity contribution in [3.63, 3.8) is 0 Å². The van der Waals surface area contributed by atoms with Gasteiger partial charge in [-0.1, -0.05) is 51.7 Å². The van der Waals surface area contributed by atoms with E-state index in [1.807, 2.05) is 12.1 Å². The van der Waals surface area contributed by atoms with Gasteiger partial charge in [-0.05, 0) is 37.0 Å². The number of hydrogen-bond donors (Lipinski definition) is 0. The lowest BCUT2D eigenvalue weighted by atomic mass is 9.83. The molecule has 3 heteroatoms. The van der Waals surface area contributed by atoms with E-state index in [2.05, 4.69) is 26.0 Å². The van der Waals surface area contributed by atoms with Crippen molar-refractivity contribution in [2.75, 3.05) is 4.90 Å². The van der Waals surface area contributed by atoms with Gasteiger partial charge < -0.3 is 0 Å². The van der Waals surface area contributed by atoms with E-state index >= 15 is 0 Å². The Labute approximate surface area is 138 Å². The fourth-order valence-electron chi connectivity index (χ4n) is 3.72. The molecule has 4 bridgehead atoms. The predicted molar refractivity (Wildman–Crippen MR) is 92.4 cm³/mol. The number of carbonyl (C=O) groups excluding carboxylic acids is 2. The van der Waals surface area contributed by atoms with Gasteiger partial charge in [0.1, 0.15) is 0 Å². The standard InChI is InChI=1S/C20H25NO2/c1-3-5-7-9-17-18-16(8-6-4-2)14-10-12-15(13-11-14)21(19(17)22)20(18)23/h10-13,16H,3-9H2,1-2H3. The maximum absolute atomic E-state index is 12.9. The van der Waals surface area contributed by atoms with Crippen LogP contribution in [0.3, 0.4) is 0 Å². The molecule has 23 heavy (non-hydrogen) atoms. The van der Waals surface area contributed by atoms with Crippen LogP contribution in [0, 0.1) is 0 Å². The number of anilines is 1. The maximum Gasteiger partial charge on any atom is 0.262 e. The van der Waals surface area contributed by atoms with Crippen molar-refractivity contribution in [3.8, 4) is 0 Å². The minimum absolute atomic E-state index is 0.0716. The molecule has 0 N–H and O–H groups in total.